The Morgan fingerprint density at radius 3 is 2.24 bits per heavy atom. The summed E-state index contributed by atoms with van der Waals surface area (Å²) in [4.78, 5) is 54.7. The molecule has 1 saturated heterocycles. The first-order chi connectivity index (χ1) is 28.2. The average molecular weight is 808 g/mol. The second-order valence-corrected chi connectivity index (χ2v) is 14.7. The summed E-state index contributed by atoms with van der Waals surface area (Å²) in [5.74, 6) is -0.224. The number of amides is 2. The number of aryl methyl sites for hydroxylation is 2. The normalized spacial score (nSPS) is 16.8. The number of pyridine rings is 2. The van der Waals surface area contributed by atoms with Gasteiger partial charge in [-0.3, -0.25) is 19.0 Å². The SMILES string of the molecule is CCCCNC(=O)CCC(=O)OC1CC(n2cc(C)c(NCCCOCCOCCOCCCNC(=O)c3cc[n+]4cc3-c3c[n+](ccc3C)C4)nc2=O)OC1CC. The van der Waals surface area contributed by atoms with E-state index in [2.05, 4.69) is 49.3 Å². The fourth-order valence-corrected chi connectivity index (χ4v) is 6.85. The van der Waals surface area contributed by atoms with Crippen molar-refractivity contribution >= 4 is 23.6 Å². The third kappa shape index (κ3) is 13.1. The number of hydrogen-bond donors (Lipinski definition) is 3. The van der Waals surface area contributed by atoms with Crippen LogP contribution in [0.15, 0.2) is 47.9 Å². The molecule has 4 bridgehead atoms. The Kier molecular flexibility index (Phi) is 17.6. The van der Waals surface area contributed by atoms with Crippen LogP contribution in [0.5, 0.6) is 0 Å². The molecule has 316 valence electrons. The molecular weight excluding hydrogens is 747 g/mol. The summed E-state index contributed by atoms with van der Waals surface area (Å²) in [5.41, 5.74) is 4.11. The van der Waals surface area contributed by atoms with Crippen LogP contribution in [0, 0.1) is 13.8 Å². The van der Waals surface area contributed by atoms with Gasteiger partial charge in [-0.25, -0.2) is 4.79 Å². The Morgan fingerprint density at radius 2 is 1.52 bits per heavy atom. The molecule has 0 radical (unpaired) electrons. The molecule has 0 aliphatic carbocycles. The molecule has 0 saturated carbocycles. The van der Waals surface area contributed by atoms with Gasteiger partial charge in [0.25, 0.3) is 5.91 Å². The second-order valence-electron chi connectivity index (χ2n) is 14.7. The number of esters is 1. The number of anilines is 1. The number of carbonyl (C=O) groups excluding carboxylic acids is 3. The largest absolute Gasteiger partial charge is 0.459 e. The van der Waals surface area contributed by atoms with Crippen LogP contribution < -0.4 is 30.8 Å². The van der Waals surface area contributed by atoms with Crippen molar-refractivity contribution in [1.82, 2.24) is 20.2 Å². The first-order valence-corrected chi connectivity index (χ1v) is 20.7. The van der Waals surface area contributed by atoms with Gasteiger partial charge in [-0.05, 0) is 45.1 Å². The van der Waals surface area contributed by atoms with Crippen molar-refractivity contribution < 1.29 is 47.2 Å². The van der Waals surface area contributed by atoms with E-state index in [1.54, 1.807) is 6.20 Å². The minimum Gasteiger partial charge on any atom is -0.459 e. The van der Waals surface area contributed by atoms with E-state index in [9.17, 15) is 19.2 Å². The molecule has 16 nitrogen and oxygen atoms in total. The molecule has 3 unspecified atom stereocenters. The van der Waals surface area contributed by atoms with Gasteiger partial charge < -0.3 is 39.6 Å². The Labute approximate surface area is 340 Å². The van der Waals surface area contributed by atoms with Gasteiger partial charge in [0.1, 0.15) is 18.1 Å². The van der Waals surface area contributed by atoms with Crippen molar-refractivity contribution in [3.8, 4) is 11.1 Å². The summed E-state index contributed by atoms with van der Waals surface area (Å²) in [7, 11) is 0. The Balaban J connectivity index is 0.883. The Bertz CT molecular complexity index is 1890. The average Bonchev–Trinajstić information content (AvgIpc) is 3.57. The van der Waals surface area contributed by atoms with E-state index >= 15 is 0 Å². The molecule has 5 heterocycles. The van der Waals surface area contributed by atoms with Crippen molar-refractivity contribution in [2.24, 2.45) is 0 Å². The third-order valence-electron chi connectivity index (χ3n) is 10.1. The fourth-order valence-electron chi connectivity index (χ4n) is 6.85. The van der Waals surface area contributed by atoms with Crippen LogP contribution in [0.25, 0.3) is 11.1 Å². The molecule has 58 heavy (non-hydrogen) atoms. The van der Waals surface area contributed by atoms with Crippen LogP contribution in [0.1, 0.15) is 92.9 Å². The van der Waals surface area contributed by atoms with Crippen LogP contribution in [-0.4, -0.2) is 98.8 Å². The predicted octanol–water partition coefficient (Wildman–Crippen LogP) is 2.90. The smallest absolute Gasteiger partial charge is 0.351 e. The number of nitrogens with one attached hydrogen (secondary N) is 3. The van der Waals surface area contributed by atoms with E-state index in [1.165, 1.54) is 4.57 Å². The van der Waals surface area contributed by atoms with Crippen LogP contribution in [-0.2, 0) is 39.9 Å². The highest BCUT2D eigenvalue weighted by Gasteiger charge is 2.38. The minimum absolute atomic E-state index is 0.0105. The summed E-state index contributed by atoms with van der Waals surface area (Å²) in [6.07, 6.45) is 12.6. The molecule has 3 N–H and O–H groups in total. The zero-order chi connectivity index (χ0) is 41.3. The van der Waals surface area contributed by atoms with Crippen molar-refractivity contribution in [3.63, 3.8) is 0 Å². The zero-order valence-corrected chi connectivity index (χ0v) is 34.5. The number of fused-ring (bicyclic) bond motifs is 5. The summed E-state index contributed by atoms with van der Waals surface area (Å²) >= 11 is 0. The molecule has 3 aromatic heterocycles. The highest BCUT2D eigenvalue weighted by Crippen LogP contribution is 2.32. The van der Waals surface area contributed by atoms with E-state index in [1.807, 2.05) is 45.4 Å². The number of rotatable bonds is 25. The van der Waals surface area contributed by atoms with Gasteiger partial charge in [0.2, 0.25) is 5.91 Å². The maximum absolute atomic E-state index is 13.0. The maximum Gasteiger partial charge on any atom is 0.351 e. The molecule has 16 heteroatoms. The summed E-state index contributed by atoms with van der Waals surface area (Å²) in [6.45, 7) is 13.1. The van der Waals surface area contributed by atoms with Gasteiger partial charge in [-0.2, -0.15) is 4.98 Å². The maximum atomic E-state index is 13.0. The molecule has 2 amide bonds. The molecule has 3 atom stereocenters. The standard InChI is InChI=1S/C42H59N7O9/c1-5-7-14-43-37(50)10-11-39(51)58-36-25-38(57-35(36)6-2)49-26-31(4)40(46-42(49)53)44-15-8-19-54-21-23-56-24-22-55-20-9-16-45-41(52)32-13-18-48-28-34(32)33-27-47(29-48)17-12-30(33)3/h12-13,17-18,26-28,35-36,38H,5-11,14-16,19-25,29H2,1-4H3,(H-2,43,44,45,46,50,52,53)/p+2. The molecule has 0 spiro atoms. The van der Waals surface area contributed by atoms with Crippen LogP contribution in [0.3, 0.4) is 0 Å². The van der Waals surface area contributed by atoms with E-state index in [4.69, 9.17) is 23.7 Å². The van der Waals surface area contributed by atoms with Crippen LogP contribution in [0.4, 0.5) is 5.82 Å². The monoisotopic (exact) mass is 807 g/mol. The van der Waals surface area contributed by atoms with Crippen molar-refractivity contribution in [3.05, 3.63) is 70.3 Å². The topological polar surface area (TPSA) is 176 Å². The van der Waals surface area contributed by atoms with E-state index in [0.717, 1.165) is 35.1 Å². The van der Waals surface area contributed by atoms with Gasteiger partial charge in [0, 0.05) is 69.6 Å². The molecule has 2 aliphatic heterocycles. The first kappa shape index (κ1) is 44.3. The second kappa shape index (κ2) is 23.0. The van der Waals surface area contributed by atoms with Gasteiger partial charge >= 0.3 is 18.3 Å². The first-order valence-electron chi connectivity index (χ1n) is 20.7. The molecule has 1 fully saturated rings. The molecular formula is C42H61N7O9+2. The van der Waals surface area contributed by atoms with Crippen molar-refractivity contribution in [2.75, 3.05) is 64.6 Å². The lowest BCUT2D eigenvalue weighted by molar-refractivity contribution is -0.911. The van der Waals surface area contributed by atoms with Gasteiger partial charge in [0.15, 0.2) is 24.8 Å². The number of carbonyl (C=O) groups is 3. The highest BCUT2D eigenvalue weighted by molar-refractivity contribution is 6.00. The van der Waals surface area contributed by atoms with Gasteiger partial charge in [-0.15, -0.1) is 9.13 Å². The molecule has 2 aliphatic rings. The molecule has 5 rings (SSSR count). The Morgan fingerprint density at radius 1 is 0.845 bits per heavy atom. The lowest BCUT2D eigenvalue weighted by atomic mass is 9.99. The quantitative estimate of drug-likeness (QED) is 0.0510. The summed E-state index contributed by atoms with van der Waals surface area (Å²) in [5, 5.41) is 9.04. The predicted molar refractivity (Wildman–Crippen MR) is 214 cm³/mol. The molecule has 0 aromatic carbocycles. The van der Waals surface area contributed by atoms with Crippen LogP contribution in [0.2, 0.25) is 0 Å². The third-order valence-corrected chi connectivity index (χ3v) is 10.1. The van der Waals surface area contributed by atoms with E-state index in [-0.39, 0.29) is 30.8 Å². The number of ether oxygens (including phenoxy) is 5. The summed E-state index contributed by atoms with van der Waals surface area (Å²) < 4.78 is 34.4. The minimum atomic E-state index is -0.613. The zero-order valence-electron chi connectivity index (χ0n) is 34.5. The lowest BCUT2D eigenvalue weighted by Crippen LogP contribution is -2.50. The number of hydrogen-bond acceptors (Lipinski definition) is 11. The van der Waals surface area contributed by atoms with E-state index < -0.39 is 24.0 Å². The van der Waals surface area contributed by atoms with Crippen molar-refractivity contribution in [1.29, 1.82) is 0 Å². The lowest BCUT2D eigenvalue weighted by Gasteiger charge is -2.17. The number of nitrogens with zero attached hydrogens (tertiary/aromatic N) is 4. The van der Waals surface area contributed by atoms with E-state index in [0.29, 0.717) is 103 Å². The number of aromatic nitrogens is 4. The summed E-state index contributed by atoms with van der Waals surface area (Å²) in [6, 6.07) is 3.96. The van der Waals surface area contributed by atoms with Gasteiger partial charge in [0.05, 0.1) is 55.6 Å². The van der Waals surface area contributed by atoms with Gasteiger partial charge in [-0.1, -0.05) is 20.3 Å². The highest BCUT2D eigenvalue weighted by atomic mass is 16.6. The Hall–Kier alpha value is -4.77. The number of unbranched alkanes of at least 4 members (excludes halogenated alkanes) is 1. The van der Waals surface area contributed by atoms with Crippen molar-refractivity contribution in [2.45, 2.75) is 104 Å². The van der Waals surface area contributed by atoms with Crippen LogP contribution >= 0.6 is 0 Å². The fraction of sp³-hybridized carbons (Fsp3) is 0.595. The molecule has 3 aromatic rings.